The van der Waals surface area contributed by atoms with Crippen LogP contribution >= 0.6 is 0 Å². The molecule has 2 rings (SSSR count). The molecule has 0 spiro atoms. The Morgan fingerprint density at radius 2 is 1.56 bits per heavy atom. The van der Waals surface area contributed by atoms with Gasteiger partial charge < -0.3 is 5.11 Å². The van der Waals surface area contributed by atoms with Gasteiger partial charge in [-0.2, -0.15) is 0 Å². The summed E-state index contributed by atoms with van der Waals surface area (Å²) in [5.74, 6) is 0. The van der Waals surface area contributed by atoms with Crippen LogP contribution in [0.1, 0.15) is 22.1 Å². The molecule has 2 aromatic carbocycles. The Balaban J connectivity index is 2.42. The molecular formula is C15H16O. The van der Waals surface area contributed by atoms with Gasteiger partial charge >= 0.3 is 0 Å². The van der Waals surface area contributed by atoms with E-state index in [1.165, 1.54) is 0 Å². The second-order valence-corrected chi connectivity index (χ2v) is 3.89. The van der Waals surface area contributed by atoms with Gasteiger partial charge in [-0.05, 0) is 18.0 Å². The van der Waals surface area contributed by atoms with Crippen LogP contribution in [0.15, 0.2) is 60.7 Å². The van der Waals surface area contributed by atoms with Gasteiger partial charge in [0.15, 0.2) is 0 Å². The van der Waals surface area contributed by atoms with E-state index >= 15 is 0 Å². The minimum absolute atomic E-state index is 0.0638. The van der Waals surface area contributed by atoms with Crippen LogP contribution in [0.25, 0.3) is 0 Å². The van der Waals surface area contributed by atoms with Crippen molar-refractivity contribution < 1.29 is 9.22 Å². The number of aliphatic hydroxyl groups is 1. The molecule has 1 unspecified atom stereocenters. The number of hydrogen-bond acceptors (Lipinski definition) is 1. The molecule has 0 aliphatic heterocycles. The highest BCUT2D eigenvalue weighted by molar-refractivity contribution is 5.25. The average Bonchev–Trinajstić information content (AvgIpc) is 2.39. The van der Waals surface area contributed by atoms with Crippen molar-refractivity contribution in [3.8, 4) is 0 Å². The first-order chi connectivity index (χ1) is 8.93. The Morgan fingerprint density at radius 3 is 2.12 bits per heavy atom. The molecule has 0 aliphatic rings. The lowest BCUT2D eigenvalue weighted by molar-refractivity contribution is 0.0576. The molecular weight excluding hydrogens is 196 g/mol. The lowest BCUT2D eigenvalue weighted by Gasteiger charge is -2.23. The molecule has 0 saturated heterocycles. The van der Waals surface area contributed by atoms with E-state index in [-0.39, 0.29) is 6.42 Å². The van der Waals surface area contributed by atoms with Crippen molar-refractivity contribution in [2.75, 3.05) is 0 Å². The van der Waals surface area contributed by atoms with Gasteiger partial charge in [-0.15, -0.1) is 0 Å². The van der Waals surface area contributed by atoms with Crippen molar-refractivity contribution in [3.05, 3.63) is 71.8 Å². The van der Waals surface area contributed by atoms with Crippen molar-refractivity contribution in [2.24, 2.45) is 0 Å². The van der Waals surface area contributed by atoms with E-state index < -0.39 is 12.5 Å². The van der Waals surface area contributed by atoms with Crippen LogP contribution in [0.5, 0.6) is 0 Å². The van der Waals surface area contributed by atoms with E-state index in [9.17, 15) is 5.11 Å². The second-order valence-electron chi connectivity index (χ2n) is 3.89. The maximum Gasteiger partial charge on any atom is 0.0908 e. The molecule has 0 saturated carbocycles. The summed E-state index contributed by atoms with van der Waals surface area (Å²) in [5.41, 5.74) is -0.654. The molecule has 0 fully saturated rings. The van der Waals surface area contributed by atoms with E-state index in [0.29, 0.717) is 5.56 Å². The largest absolute Gasteiger partial charge is 0.385 e. The first-order valence-corrected chi connectivity index (χ1v) is 5.25. The molecule has 1 N–H and O–H groups in total. The van der Waals surface area contributed by atoms with Gasteiger partial charge in [-0.1, -0.05) is 60.7 Å². The van der Waals surface area contributed by atoms with Gasteiger partial charge in [0.2, 0.25) is 0 Å². The molecule has 82 valence electrons. The second kappa shape index (κ2) is 4.50. The van der Waals surface area contributed by atoms with Gasteiger partial charge in [0.05, 0.1) is 5.60 Å². The fraction of sp³-hybridized carbons (Fsp3) is 0.200. The maximum atomic E-state index is 10.7. The predicted octanol–water partition coefficient (Wildman–Crippen LogP) is 3.14. The van der Waals surface area contributed by atoms with Crippen LogP contribution in [0.3, 0.4) is 0 Å². The Hall–Kier alpha value is -1.60. The Labute approximate surface area is 101 Å². The summed E-state index contributed by atoms with van der Waals surface area (Å²) in [6.07, 6.45) is 0.0638. The molecule has 1 heteroatoms. The van der Waals surface area contributed by atoms with Crippen molar-refractivity contribution in [1.29, 1.82) is 0 Å². The molecule has 0 amide bonds. The summed E-state index contributed by atoms with van der Waals surface area (Å²) >= 11 is 0. The summed E-state index contributed by atoms with van der Waals surface area (Å²) in [6.45, 7) is -2.48. The van der Waals surface area contributed by atoms with Gasteiger partial charge in [0.25, 0.3) is 0 Å². The van der Waals surface area contributed by atoms with Gasteiger partial charge in [-0.25, -0.2) is 0 Å². The average molecular weight is 215 g/mol. The van der Waals surface area contributed by atoms with Crippen LogP contribution in [0, 0.1) is 0 Å². The summed E-state index contributed by atoms with van der Waals surface area (Å²) in [4.78, 5) is 0. The topological polar surface area (TPSA) is 20.2 Å². The van der Waals surface area contributed by atoms with E-state index in [1.54, 1.807) is 30.3 Å². The molecule has 1 nitrogen and oxygen atoms in total. The first kappa shape index (κ1) is 7.64. The SMILES string of the molecule is [2H]C([2H])([2H])C(O)(Cc1ccccc1)c1ccccc1. The van der Waals surface area contributed by atoms with E-state index in [1.807, 2.05) is 30.3 Å². The quantitative estimate of drug-likeness (QED) is 0.834. The zero-order valence-corrected chi connectivity index (χ0v) is 8.93. The summed E-state index contributed by atoms with van der Waals surface area (Å²) < 4.78 is 23.0. The molecule has 0 heterocycles. The molecule has 2 aromatic rings. The molecule has 0 aliphatic carbocycles. The third-order valence-corrected chi connectivity index (χ3v) is 2.55. The van der Waals surface area contributed by atoms with Crippen molar-refractivity contribution in [2.45, 2.75) is 18.9 Å². The van der Waals surface area contributed by atoms with Crippen LogP contribution in [-0.4, -0.2) is 5.11 Å². The number of benzene rings is 2. The standard InChI is InChI=1S/C15H16O/c1-15(16,14-10-6-3-7-11-14)12-13-8-4-2-5-9-13/h2-11,16H,12H2,1H3/i1D3. The zero-order chi connectivity index (χ0) is 13.9. The molecule has 0 bridgehead atoms. The highest BCUT2D eigenvalue weighted by Crippen LogP contribution is 2.24. The van der Waals surface area contributed by atoms with Gasteiger partial charge in [-0.3, -0.25) is 0 Å². The highest BCUT2D eigenvalue weighted by atomic mass is 16.3. The van der Waals surface area contributed by atoms with E-state index in [0.717, 1.165) is 5.56 Å². The number of rotatable bonds is 3. The fourth-order valence-electron chi connectivity index (χ4n) is 1.71. The number of hydrogen-bond donors (Lipinski definition) is 1. The Morgan fingerprint density at radius 1 is 1.00 bits per heavy atom. The van der Waals surface area contributed by atoms with Crippen LogP contribution < -0.4 is 0 Å². The predicted molar refractivity (Wildman–Crippen MR) is 66.2 cm³/mol. The van der Waals surface area contributed by atoms with E-state index in [4.69, 9.17) is 4.11 Å². The smallest absolute Gasteiger partial charge is 0.0908 e. The van der Waals surface area contributed by atoms with Crippen LogP contribution in [0.2, 0.25) is 0 Å². The molecule has 16 heavy (non-hydrogen) atoms. The highest BCUT2D eigenvalue weighted by Gasteiger charge is 2.22. The molecule has 1 atom stereocenters. The lowest BCUT2D eigenvalue weighted by atomic mass is 9.89. The van der Waals surface area contributed by atoms with Gasteiger partial charge in [0.1, 0.15) is 0 Å². The van der Waals surface area contributed by atoms with Crippen LogP contribution in [-0.2, 0) is 12.0 Å². The normalized spacial score (nSPS) is 17.9. The van der Waals surface area contributed by atoms with Crippen molar-refractivity contribution in [3.63, 3.8) is 0 Å². The maximum absolute atomic E-state index is 10.7. The first-order valence-electron chi connectivity index (χ1n) is 6.75. The van der Waals surface area contributed by atoms with Crippen molar-refractivity contribution >= 4 is 0 Å². The molecule has 0 aromatic heterocycles. The van der Waals surface area contributed by atoms with E-state index in [2.05, 4.69) is 0 Å². The third kappa shape index (κ3) is 2.50. The van der Waals surface area contributed by atoms with Crippen LogP contribution in [0.4, 0.5) is 0 Å². The molecule has 0 radical (unpaired) electrons. The monoisotopic (exact) mass is 215 g/mol. The fourth-order valence-corrected chi connectivity index (χ4v) is 1.71. The van der Waals surface area contributed by atoms with Gasteiger partial charge in [0, 0.05) is 10.5 Å². The van der Waals surface area contributed by atoms with Crippen molar-refractivity contribution in [1.82, 2.24) is 0 Å². The Kier molecular flexibility index (Phi) is 2.15. The minimum Gasteiger partial charge on any atom is -0.385 e. The Bertz CT molecular complexity index is 522. The minimum atomic E-state index is -2.48. The zero-order valence-electron chi connectivity index (χ0n) is 11.9. The lowest BCUT2D eigenvalue weighted by Crippen LogP contribution is -2.24. The summed E-state index contributed by atoms with van der Waals surface area (Å²) in [6, 6.07) is 17.7. The summed E-state index contributed by atoms with van der Waals surface area (Å²) in [5, 5.41) is 10.7. The third-order valence-electron chi connectivity index (χ3n) is 2.55. The summed E-state index contributed by atoms with van der Waals surface area (Å²) in [7, 11) is 0.